The van der Waals surface area contributed by atoms with E-state index in [4.69, 9.17) is 4.74 Å². The largest absolute Gasteiger partial charge is 0.386 e. The lowest BCUT2D eigenvalue weighted by molar-refractivity contribution is -0.0391. The van der Waals surface area contributed by atoms with Crippen molar-refractivity contribution in [2.45, 2.75) is 45.9 Å². The first kappa shape index (κ1) is 13.2. The van der Waals surface area contributed by atoms with Gasteiger partial charge in [0.05, 0.1) is 12.3 Å². The summed E-state index contributed by atoms with van der Waals surface area (Å²) < 4.78 is 7.16. The van der Waals surface area contributed by atoms with Gasteiger partial charge in [-0.15, -0.1) is 0 Å². The molecule has 2 unspecified atom stereocenters. The molecule has 4 nitrogen and oxygen atoms in total. The summed E-state index contributed by atoms with van der Waals surface area (Å²) in [5.41, 5.74) is 0.828. The smallest absolute Gasteiger partial charge is 0.108 e. The first-order valence-electron chi connectivity index (χ1n) is 5.83. The molecule has 4 heteroatoms. The predicted octanol–water partition coefficient (Wildman–Crippen LogP) is 2.00. The van der Waals surface area contributed by atoms with Gasteiger partial charge in [0.1, 0.15) is 6.10 Å². The first-order chi connectivity index (χ1) is 7.60. The molecular formula is C12H22N2O2. The van der Waals surface area contributed by atoms with E-state index in [1.54, 1.807) is 13.3 Å². The normalized spacial score (nSPS) is 15.4. The fourth-order valence-corrected chi connectivity index (χ4v) is 1.84. The Morgan fingerprint density at radius 3 is 2.69 bits per heavy atom. The van der Waals surface area contributed by atoms with Crippen molar-refractivity contribution >= 4 is 0 Å². The Morgan fingerprint density at radius 1 is 1.50 bits per heavy atom. The molecule has 1 aromatic heterocycles. The molecule has 1 aromatic rings. The van der Waals surface area contributed by atoms with Crippen LogP contribution in [0.1, 0.15) is 38.9 Å². The van der Waals surface area contributed by atoms with Gasteiger partial charge in [0.15, 0.2) is 0 Å². The highest BCUT2D eigenvalue weighted by atomic mass is 16.5. The van der Waals surface area contributed by atoms with Crippen molar-refractivity contribution in [3.63, 3.8) is 0 Å². The molecule has 0 bridgehead atoms. The molecule has 0 aliphatic carbocycles. The van der Waals surface area contributed by atoms with Crippen LogP contribution in [0.4, 0.5) is 0 Å². The minimum Gasteiger partial charge on any atom is -0.386 e. The van der Waals surface area contributed by atoms with E-state index >= 15 is 0 Å². The topological polar surface area (TPSA) is 47.3 Å². The maximum absolute atomic E-state index is 10.2. The third kappa shape index (κ3) is 3.06. The van der Waals surface area contributed by atoms with Crippen molar-refractivity contribution in [1.82, 2.24) is 9.78 Å². The monoisotopic (exact) mass is 226 g/mol. The van der Waals surface area contributed by atoms with Crippen molar-refractivity contribution in [3.05, 3.63) is 18.0 Å². The molecule has 0 radical (unpaired) electrons. The first-order valence-corrected chi connectivity index (χ1v) is 5.83. The number of aliphatic hydroxyl groups is 1. The molecule has 1 N–H and O–H groups in total. The quantitative estimate of drug-likeness (QED) is 0.807. The standard InChI is InChI=1S/C12H22N2O2/c1-5-6-14-8-10(7-13-14)11(15)12(16-4)9(2)3/h7-9,11-12,15H,5-6H2,1-4H3. The van der Waals surface area contributed by atoms with Gasteiger partial charge < -0.3 is 9.84 Å². The molecule has 2 atom stereocenters. The fraction of sp³-hybridized carbons (Fsp3) is 0.750. The van der Waals surface area contributed by atoms with Crippen LogP contribution in [0.15, 0.2) is 12.4 Å². The number of hydrogen-bond donors (Lipinski definition) is 1. The molecule has 1 rings (SSSR count). The number of aromatic nitrogens is 2. The number of hydrogen-bond acceptors (Lipinski definition) is 3. The van der Waals surface area contributed by atoms with Crippen LogP contribution in [0.2, 0.25) is 0 Å². The molecule has 0 aromatic carbocycles. The molecule has 0 aliphatic heterocycles. The Bertz CT molecular complexity index is 310. The van der Waals surface area contributed by atoms with Crippen LogP contribution in [-0.4, -0.2) is 28.1 Å². The van der Waals surface area contributed by atoms with Gasteiger partial charge in [0.25, 0.3) is 0 Å². The summed E-state index contributed by atoms with van der Waals surface area (Å²) in [5, 5.41) is 14.4. The summed E-state index contributed by atoms with van der Waals surface area (Å²) in [5.74, 6) is 0.273. The lowest BCUT2D eigenvalue weighted by Crippen LogP contribution is -2.26. The minimum absolute atomic E-state index is 0.181. The van der Waals surface area contributed by atoms with E-state index in [0.29, 0.717) is 0 Å². The molecule has 0 spiro atoms. The van der Waals surface area contributed by atoms with Crippen LogP contribution in [0.5, 0.6) is 0 Å². The van der Waals surface area contributed by atoms with Crippen LogP contribution in [0.3, 0.4) is 0 Å². The summed E-state index contributed by atoms with van der Waals surface area (Å²) in [7, 11) is 1.63. The van der Waals surface area contributed by atoms with Crippen LogP contribution in [0, 0.1) is 5.92 Å². The number of nitrogens with zero attached hydrogens (tertiary/aromatic N) is 2. The van der Waals surface area contributed by atoms with Crippen molar-refractivity contribution in [2.75, 3.05) is 7.11 Å². The Hall–Kier alpha value is -0.870. The van der Waals surface area contributed by atoms with Crippen LogP contribution < -0.4 is 0 Å². The maximum Gasteiger partial charge on any atom is 0.108 e. The molecule has 0 saturated heterocycles. The molecule has 0 saturated carbocycles. The number of aryl methyl sites for hydroxylation is 1. The minimum atomic E-state index is -0.601. The van der Waals surface area contributed by atoms with Gasteiger partial charge in [-0.2, -0.15) is 5.10 Å². The predicted molar refractivity (Wildman–Crippen MR) is 63.1 cm³/mol. The second kappa shape index (κ2) is 6.01. The number of methoxy groups -OCH3 is 1. The average molecular weight is 226 g/mol. The third-order valence-electron chi connectivity index (χ3n) is 2.69. The Kier molecular flexibility index (Phi) is 4.96. The molecule has 92 valence electrons. The van der Waals surface area contributed by atoms with Gasteiger partial charge in [0, 0.05) is 25.4 Å². The van der Waals surface area contributed by atoms with Gasteiger partial charge in [0.2, 0.25) is 0 Å². The van der Waals surface area contributed by atoms with Gasteiger partial charge >= 0.3 is 0 Å². The summed E-state index contributed by atoms with van der Waals surface area (Å²) >= 11 is 0. The average Bonchev–Trinajstić information content (AvgIpc) is 2.67. The molecule has 1 heterocycles. The van der Waals surface area contributed by atoms with Crippen molar-refractivity contribution < 1.29 is 9.84 Å². The third-order valence-corrected chi connectivity index (χ3v) is 2.69. The molecule has 0 amide bonds. The zero-order chi connectivity index (χ0) is 12.1. The SMILES string of the molecule is CCCn1cc(C(O)C(OC)C(C)C)cn1. The van der Waals surface area contributed by atoms with E-state index in [-0.39, 0.29) is 12.0 Å². The van der Waals surface area contributed by atoms with E-state index in [1.165, 1.54) is 0 Å². The Morgan fingerprint density at radius 2 is 2.19 bits per heavy atom. The Labute approximate surface area is 97.2 Å². The van der Waals surface area contributed by atoms with E-state index in [2.05, 4.69) is 12.0 Å². The number of rotatable bonds is 6. The van der Waals surface area contributed by atoms with Crippen molar-refractivity contribution in [2.24, 2.45) is 5.92 Å². The van der Waals surface area contributed by atoms with Crippen molar-refractivity contribution in [1.29, 1.82) is 0 Å². The summed E-state index contributed by atoms with van der Waals surface area (Å²) in [6.45, 7) is 7.05. The number of aliphatic hydroxyl groups excluding tert-OH is 1. The zero-order valence-electron chi connectivity index (χ0n) is 10.6. The highest BCUT2D eigenvalue weighted by Gasteiger charge is 2.24. The fourth-order valence-electron chi connectivity index (χ4n) is 1.84. The van der Waals surface area contributed by atoms with Gasteiger partial charge in [-0.25, -0.2) is 0 Å². The second-order valence-corrected chi connectivity index (χ2v) is 4.43. The van der Waals surface area contributed by atoms with E-state index in [9.17, 15) is 5.11 Å². The Balaban J connectivity index is 2.74. The molecule has 0 aliphatic rings. The highest BCUT2D eigenvalue weighted by Crippen LogP contribution is 2.23. The van der Waals surface area contributed by atoms with Crippen LogP contribution in [-0.2, 0) is 11.3 Å². The summed E-state index contributed by atoms with van der Waals surface area (Å²) in [6.07, 6.45) is 3.86. The van der Waals surface area contributed by atoms with Gasteiger partial charge in [-0.3, -0.25) is 4.68 Å². The molecule has 0 fully saturated rings. The van der Waals surface area contributed by atoms with Crippen LogP contribution >= 0.6 is 0 Å². The zero-order valence-corrected chi connectivity index (χ0v) is 10.6. The summed E-state index contributed by atoms with van der Waals surface area (Å²) in [4.78, 5) is 0. The molecule has 16 heavy (non-hydrogen) atoms. The van der Waals surface area contributed by atoms with E-state index in [1.807, 2.05) is 24.7 Å². The highest BCUT2D eigenvalue weighted by molar-refractivity contribution is 5.10. The van der Waals surface area contributed by atoms with Crippen molar-refractivity contribution in [3.8, 4) is 0 Å². The van der Waals surface area contributed by atoms with E-state index in [0.717, 1.165) is 18.5 Å². The lowest BCUT2D eigenvalue weighted by Gasteiger charge is -2.24. The summed E-state index contributed by atoms with van der Waals surface area (Å²) in [6, 6.07) is 0. The number of ether oxygens (including phenoxy) is 1. The second-order valence-electron chi connectivity index (χ2n) is 4.43. The molecular weight excluding hydrogens is 204 g/mol. The van der Waals surface area contributed by atoms with Gasteiger partial charge in [-0.1, -0.05) is 20.8 Å². The lowest BCUT2D eigenvalue weighted by atomic mass is 9.98. The maximum atomic E-state index is 10.2. The van der Waals surface area contributed by atoms with Gasteiger partial charge in [-0.05, 0) is 12.3 Å². The van der Waals surface area contributed by atoms with E-state index < -0.39 is 6.10 Å². The van der Waals surface area contributed by atoms with Crippen LogP contribution in [0.25, 0.3) is 0 Å².